The zero-order chi connectivity index (χ0) is 20.1. The molecule has 3 aliphatic heterocycles. The van der Waals surface area contributed by atoms with Crippen LogP contribution in [0.3, 0.4) is 0 Å². The molecular weight excluding hydrogens is 396 g/mol. The van der Waals surface area contributed by atoms with Crippen LogP contribution in [-0.4, -0.2) is 89.7 Å². The number of benzene rings is 1. The lowest BCUT2D eigenvalue weighted by Gasteiger charge is -2.34. The highest BCUT2D eigenvalue weighted by Crippen LogP contribution is 2.25. The molecule has 0 aromatic heterocycles. The first-order valence-corrected chi connectivity index (χ1v) is 11.8. The van der Waals surface area contributed by atoms with E-state index in [4.69, 9.17) is 18.9 Å². The molecule has 9 heteroatoms. The molecule has 0 aliphatic carbocycles. The molecule has 1 aromatic rings. The number of rotatable bonds is 7. The third-order valence-electron chi connectivity index (χ3n) is 5.68. The molecule has 0 radical (unpaired) electrons. The van der Waals surface area contributed by atoms with Crippen LogP contribution in [0.4, 0.5) is 0 Å². The van der Waals surface area contributed by atoms with Crippen LogP contribution in [0.5, 0.6) is 5.75 Å². The molecule has 1 aromatic carbocycles. The van der Waals surface area contributed by atoms with Crippen LogP contribution in [0.1, 0.15) is 12.8 Å². The summed E-state index contributed by atoms with van der Waals surface area (Å²) in [7, 11) is -3.46. The molecule has 4 rings (SSSR count). The Morgan fingerprint density at radius 1 is 1.00 bits per heavy atom. The molecule has 0 bridgehead atoms. The van der Waals surface area contributed by atoms with E-state index in [-0.39, 0.29) is 6.29 Å². The maximum atomic E-state index is 12.7. The van der Waals surface area contributed by atoms with E-state index in [2.05, 4.69) is 4.90 Å². The number of piperidine rings is 1. The molecule has 0 N–H and O–H groups in total. The molecule has 0 spiro atoms. The summed E-state index contributed by atoms with van der Waals surface area (Å²) in [6.07, 6.45) is 2.22. The number of morpholine rings is 1. The van der Waals surface area contributed by atoms with Crippen LogP contribution in [0.2, 0.25) is 0 Å². The minimum Gasteiger partial charge on any atom is -0.492 e. The van der Waals surface area contributed by atoms with Gasteiger partial charge >= 0.3 is 0 Å². The van der Waals surface area contributed by atoms with Crippen molar-refractivity contribution in [2.24, 2.45) is 5.92 Å². The van der Waals surface area contributed by atoms with Crippen molar-refractivity contribution in [1.82, 2.24) is 9.21 Å². The fourth-order valence-corrected chi connectivity index (χ4v) is 5.51. The van der Waals surface area contributed by atoms with E-state index in [0.717, 1.165) is 32.5 Å². The highest BCUT2D eigenvalue weighted by atomic mass is 32.2. The van der Waals surface area contributed by atoms with Crippen molar-refractivity contribution in [3.8, 4) is 5.75 Å². The largest absolute Gasteiger partial charge is 0.492 e. The number of nitrogens with zero attached hydrogens (tertiary/aromatic N) is 2. The quantitative estimate of drug-likeness (QED) is 0.648. The van der Waals surface area contributed by atoms with Gasteiger partial charge in [-0.15, -0.1) is 0 Å². The van der Waals surface area contributed by atoms with Crippen LogP contribution in [0.15, 0.2) is 29.2 Å². The maximum absolute atomic E-state index is 12.7. The summed E-state index contributed by atoms with van der Waals surface area (Å²) in [6, 6.07) is 6.69. The minimum atomic E-state index is -3.46. The predicted molar refractivity (Wildman–Crippen MR) is 106 cm³/mol. The van der Waals surface area contributed by atoms with Crippen LogP contribution in [0, 0.1) is 5.92 Å². The number of ether oxygens (including phenoxy) is 4. The smallest absolute Gasteiger partial charge is 0.243 e. The van der Waals surface area contributed by atoms with Gasteiger partial charge in [0.1, 0.15) is 12.4 Å². The zero-order valence-corrected chi connectivity index (χ0v) is 17.5. The van der Waals surface area contributed by atoms with Crippen LogP contribution >= 0.6 is 0 Å². The molecule has 3 saturated heterocycles. The summed E-state index contributed by atoms with van der Waals surface area (Å²) in [5.41, 5.74) is 0. The maximum Gasteiger partial charge on any atom is 0.243 e. The Balaban J connectivity index is 1.25. The molecular formula is C20H30N2O6S. The van der Waals surface area contributed by atoms with Gasteiger partial charge < -0.3 is 18.9 Å². The molecule has 1 unspecified atom stereocenters. The summed E-state index contributed by atoms with van der Waals surface area (Å²) < 4.78 is 49.2. The van der Waals surface area contributed by atoms with Gasteiger partial charge in [0.25, 0.3) is 0 Å². The molecule has 3 fully saturated rings. The van der Waals surface area contributed by atoms with Crippen molar-refractivity contribution in [1.29, 1.82) is 0 Å². The highest BCUT2D eigenvalue weighted by Gasteiger charge is 2.31. The van der Waals surface area contributed by atoms with E-state index in [0.29, 0.717) is 62.7 Å². The molecule has 3 aliphatic rings. The molecule has 8 nitrogen and oxygen atoms in total. The van der Waals surface area contributed by atoms with Gasteiger partial charge in [-0.25, -0.2) is 8.42 Å². The van der Waals surface area contributed by atoms with Crippen LogP contribution < -0.4 is 4.74 Å². The predicted octanol–water partition coefficient (Wildman–Crippen LogP) is 1.17. The molecule has 162 valence electrons. The van der Waals surface area contributed by atoms with Gasteiger partial charge in [-0.3, -0.25) is 4.90 Å². The van der Waals surface area contributed by atoms with E-state index in [9.17, 15) is 8.42 Å². The minimum absolute atomic E-state index is 0.0559. The first kappa shape index (κ1) is 21.0. The van der Waals surface area contributed by atoms with Crippen molar-refractivity contribution >= 4 is 10.0 Å². The average molecular weight is 427 g/mol. The lowest BCUT2D eigenvalue weighted by atomic mass is 9.97. The third-order valence-corrected chi connectivity index (χ3v) is 7.60. The van der Waals surface area contributed by atoms with E-state index < -0.39 is 10.0 Å². The van der Waals surface area contributed by atoms with Gasteiger partial charge in [-0.1, -0.05) is 0 Å². The Morgan fingerprint density at radius 2 is 1.72 bits per heavy atom. The van der Waals surface area contributed by atoms with Gasteiger partial charge in [0.15, 0.2) is 6.29 Å². The number of likely N-dealkylation sites (tertiary alicyclic amines) is 1. The summed E-state index contributed by atoms with van der Waals surface area (Å²) in [5.74, 6) is 1.11. The lowest BCUT2D eigenvalue weighted by Crippen LogP contribution is -2.42. The number of sulfonamides is 1. The van der Waals surface area contributed by atoms with Crippen molar-refractivity contribution < 1.29 is 27.4 Å². The lowest BCUT2D eigenvalue weighted by molar-refractivity contribution is -0.100. The summed E-state index contributed by atoms with van der Waals surface area (Å²) in [4.78, 5) is 2.68. The third kappa shape index (κ3) is 5.28. The van der Waals surface area contributed by atoms with Crippen molar-refractivity contribution in [2.75, 3.05) is 65.8 Å². The Kier molecular flexibility index (Phi) is 7.04. The standard InChI is InChI=1S/C20H30N2O6S/c23-29(24,22-9-11-25-12-10-22)19-5-3-18(4-6-19)26-13-8-21-7-1-2-17(16-21)20-27-14-15-28-20/h3-6,17,20H,1-2,7-16H2. The van der Waals surface area contributed by atoms with Gasteiger partial charge in [-0.2, -0.15) is 4.31 Å². The molecule has 29 heavy (non-hydrogen) atoms. The Morgan fingerprint density at radius 3 is 2.45 bits per heavy atom. The molecule has 3 heterocycles. The first-order valence-electron chi connectivity index (χ1n) is 10.4. The monoisotopic (exact) mass is 426 g/mol. The first-order chi connectivity index (χ1) is 14.1. The molecule has 1 atom stereocenters. The Bertz CT molecular complexity index is 745. The van der Waals surface area contributed by atoms with Gasteiger partial charge in [0.05, 0.1) is 31.3 Å². The zero-order valence-electron chi connectivity index (χ0n) is 16.7. The van der Waals surface area contributed by atoms with Crippen LogP contribution in [-0.2, 0) is 24.2 Å². The van der Waals surface area contributed by atoms with E-state index in [1.54, 1.807) is 24.3 Å². The molecule has 0 amide bonds. The summed E-state index contributed by atoms with van der Waals surface area (Å²) >= 11 is 0. The van der Waals surface area contributed by atoms with Crippen LogP contribution in [0.25, 0.3) is 0 Å². The Labute approximate surface area is 172 Å². The van der Waals surface area contributed by atoms with Gasteiger partial charge in [0.2, 0.25) is 10.0 Å². The van der Waals surface area contributed by atoms with E-state index in [1.165, 1.54) is 4.31 Å². The molecule has 0 saturated carbocycles. The van der Waals surface area contributed by atoms with Gasteiger partial charge in [0, 0.05) is 32.1 Å². The topological polar surface area (TPSA) is 77.5 Å². The number of hydrogen-bond donors (Lipinski definition) is 0. The normalized spacial score (nSPS) is 25.3. The average Bonchev–Trinajstić information content (AvgIpc) is 3.30. The second kappa shape index (κ2) is 9.72. The second-order valence-corrected chi connectivity index (χ2v) is 9.59. The van der Waals surface area contributed by atoms with Crippen molar-refractivity contribution in [3.63, 3.8) is 0 Å². The second-order valence-electron chi connectivity index (χ2n) is 7.65. The number of hydrogen-bond acceptors (Lipinski definition) is 7. The fourth-order valence-electron chi connectivity index (χ4n) is 4.10. The van der Waals surface area contributed by atoms with Gasteiger partial charge in [-0.05, 0) is 43.7 Å². The summed E-state index contributed by atoms with van der Waals surface area (Å²) in [5, 5.41) is 0. The van der Waals surface area contributed by atoms with Crippen molar-refractivity contribution in [2.45, 2.75) is 24.0 Å². The highest BCUT2D eigenvalue weighted by molar-refractivity contribution is 7.89. The Hall–Kier alpha value is -1.23. The van der Waals surface area contributed by atoms with E-state index in [1.807, 2.05) is 0 Å². The van der Waals surface area contributed by atoms with E-state index >= 15 is 0 Å². The fraction of sp³-hybridized carbons (Fsp3) is 0.700. The summed E-state index contributed by atoms with van der Waals surface area (Å²) in [6.45, 7) is 6.49. The van der Waals surface area contributed by atoms with Crippen molar-refractivity contribution in [3.05, 3.63) is 24.3 Å². The SMILES string of the molecule is O=S(=O)(c1ccc(OCCN2CCCC(C3OCCO3)C2)cc1)N1CCOCC1.